The minimum atomic E-state index is -0.209. The summed E-state index contributed by atoms with van der Waals surface area (Å²) in [6, 6.07) is 33.4. The molecule has 0 nitrogen and oxygen atoms in total. The van der Waals surface area contributed by atoms with E-state index in [1.807, 2.05) is 0 Å². The van der Waals surface area contributed by atoms with Gasteiger partial charge in [-0.3, -0.25) is 0 Å². The number of benzene rings is 4. The van der Waals surface area contributed by atoms with E-state index >= 15 is 0 Å². The molecule has 4 aromatic rings. The lowest BCUT2D eigenvalue weighted by Gasteiger charge is -2.30. The zero-order chi connectivity index (χ0) is 17.3. The maximum atomic E-state index is 3.68. The second-order valence-corrected chi connectivity index (χ2v) is 7.99. The van der Waals surface area contributed by atoms with Gasteiger partial charge in [0.05, 0.1) is 5.41 Å². The molecule has 0 heterocycles. The summed E-state index contributed by atoms with van der Waals surface area (Å²) in [7, 11) is 0. The predicted molar refractivity (Wildman–Crippen MR) is 110 cm³/mol. The molecule has 0 fully saturated rings. The molecule has 2 aliphatic rings. The Morgan fingerprint density at radius 3 is 1.42 bits per heavy atom. The Balaban J connectivity index is 1.87. The van der Waals surface area contributed by atoms with Gasteiger partial charge in [-0.05, 0) is 56.6 Å². The van der Waals surface area contributed by atoms with Crippen molar-refractivity contribution in [3.63, 3.8) is 0 Å². The molecule has 0 saturated carbocycles. The Kier molecular flexibility index (Phi) is 2.77. The molecule has 0 bridgehead atoms. The van der Waals surface area contributed by atoms with Crippen LogP contribution in [0.15, 0.2) is 95.5 Å². The largest absolute Gasteiger partial charge is 0.0725 e. The molecule has 0 radical (unpaired) electrons. The normalized spacial score (nSPS) is 14.7. The Morgan fingerprint density at radius 1 is 0.462 bits per heavy atom. The Labute approximate surface area is 161 Å². The molecule has 122 valence electrons. The third kappa shape index (κ3) is 1.56. The molecule has 0 aliphatic heterocycles. The molecule has 0 aromatic heterocycles. The SMILES string of the molecule is Brc1ccc2c(c1)-c1ccccc1C21c2ccccc2-c2ccccc21. The van der Waals surface area contributed by atoms with Crippen LogP contribution in [0.2, 0.25) is 0 Å². The molecule has 1 heteroatoms. The maximum absolute atomic E-state index is 3.68. The monoisotopic (exact) mass is 394 g/mol. The smallest absolute Gasteiger partial charge is 0.0619 e. The lowest BCUT2D eigenvalue weighted by molar-refractivity contribution is 0.793. The molecule has 0 amide bonds. The van der Waals surface area contributed by atoms with E-state index in [4.69, 9.17) is 0 Å². The molecular formula is C25H15Br. The third-order valence-electron chi connectivity index (χ3n) is 5.96. The van der Waals surface area contributed by atoms with Crippen LogP contribution in [-0.2, 0) is 5.41 Å². The van der Waals surface area contributed by atoms with Crippen molar-refractivity contribution in [3.05, 3.63) is 118 Å². The van der Waals surface area contributed by atoms with Gasteiger partial charge in [0.25, 0.3) is 0 Å². The van der Waals surface area contributed by atoms with Crippen LogP contribution in [0, 0.1) is 0 Å². The van der Waals surface area contributed by atoms with E-state index in [0.717, 1.165) is 4.47 Å². The topological polar surface area (TPSA) is 0 Å². The highest BCUT2D eigenvalue weighted by Crippen LogP contribution is 2.62. The fourth-order valence-corrected chi connectivity index (χ4v) is 5.43. The van der Waals surface area contributed by atoms with E-state index in [1.54, 1.807) is 0 Å². The van der Waals surface area contributed by atoms with Crippen molar-refractivity contribution < 1.29 is 0 Å². The molecule has 1 spiro atoms. The van der Waals surface area contributed by atoms with Crippen molar-refractivity contribution in [3.8, 4) is 22.3 Å². The van der Waals surface area contributed by atoms with Gasteiger partial charge < -0.3 is 0 Å². The van der Waals surface area contributed by atoms with Gasteiger partial charge >= 0.3 is 0 Å². The zero-order valence-electron chi connectivity index (χ0n) is 14.0. The molecule has 0 N–H and O–H groups in total. The number of hydrogen-bond donors (Lipinski definition) is 0. The Hall–Kier alpha value is -2.64. The number of halogens is 1. The molecule has 0 unspecified atom stereocenters. The first-order valence-electron chi connectivity index (χ1n) is 8.91. The third-order valence-corrected chi connectivity index (χ3v) is 6.45. The fraction of sp³-hybridized carbons (Fsp3) is 0.0400. The first-order valence-corrected chi connectivity index (χ1v) is 9.70. The lowest BCUT2D eigenvalue weighted by atomic mass is 9.70. The molecule has 0 atom stereocenters. The highest BCUT2D eigenvalue weighted by Gasteiger charge is 2.51. The lowest BCUT2D eigenvalue weighted by Crippen LogP contribution is -2.25. The van der Waals surface area contributed by atoms with Crippen LogP contribution in [0.1, 0.15) is 22.3 Å². The minimum absolute atomic E-state index is 0.209. The second-order valence-electron chi connectivity index (χ2n) is 7.08. The molecule has 0 saturated heterocycles. The second kappa shape index (κ2) is 4.96. The van der Waals surface area contributed by atoms with Gasteiger partial charge in [0, 0.05) is 4.47 Å². The van der Waals surface area contributed by atoms with E-state index in [0.29, 0.717) is 0 Å². The van der Waals surface area contributed by atoms with Crippen LogP contribution >= 0.6 is 15.9 Å². The van der Waals surface area contributed by atoms with E-state index < -0.39 is 0 Å². The number of fused-ring (bicyclic) bond motifs is 10. The van der Waals surface area contributed by atoms with E-state index in [-0.39, 0.29) is 5.41 Å². The van der Waals surface area contributed by atoms with Crippen molar-refractivity contribution in [2.45, 2.75) is 5.41 Å². The Bertz CT molecular complexity index is 1160. The van der Waals surface area contributed by atoms with Gasteiger partial charge in [0.15, 0.2) is 0 Å². The molecule has 26 heavy (non-hydrogen) atoms. The predicted octanol–water partition coefficient (Wildman–Crippen LogP) is 6.79. The molecule has 6 rings (SSSR count). The summed E-state index contributed by atoms with van der Waals surface area (Å²) < 4.78 is 1.13. The van der Waals surface area contributed by atoms with Crippen molar-refractivity contribution in [1.82, 2.24) is 0 Å². The van der Waals surface area contributed by atoms with Gasteiger partial charge in [-0.15, -0.1) is 0 Å². The maximum Gasteiger partial charge on any atom is 0.0725 e. The van der Waals surface area contributed by atoms with Gasteiger partial charge in [-0.1, -0.05) is 94.8 Å². The molecular weight excluding hydrogens is 380 g/mol. The molecule has 2 aliphatic carbocycles. The van der Waals surface area contributed by atoms with Crippen LogP contribution in [-0.4, -0.2) is 0 Å². The fourth-order valence-electron chi connectivity index (χ4n) is 5.07. The van der Waals surface area contributed by atoms with Crippen molar-refractivity contribution in [2.24, 2.45) is 0 Å². The van der Waals surface area contributed by atoms with E-state index in [9.17, 15) is 0 Å². The van der Waals surface area contributed by atoms with E-state index in [1.165, 1.54) is 44.5 Å². The van der Waals surface area contributed by atoms with Crippen molar-refractivity contribution >= 4 is 15.9 Å². The summed E-state index contributed by atoms with van der Waals surface area (Å²) in [4.78, 5) is 0. The zero-order valence-corrected chi connectivity index (χ0v) is 15.6. The van der Waals surface area contributed by atoms with Crippen molar-refractivity contribution in [2.75, 3.05) is 0 Å². The Morgan fingerprint density at radius 2 is 0.885 bits per heavy atom. The van der Waals surface area contributed by atoms with Gasteiger partial charge in [0.1, 0.15) is 0 Å². The van der Waals surface area contributed by atoms with Crippen LogP contribution in [0.5, 0.6) is 0 Å². The summed E-state index contributed by atoms with van der Waals surface area (Å²) in [5.41, 5.74) is 10.8. The van der Waals surface area contributed by atoms with Gasteiger partial charge in [0.2, 0.25) is 0 Å². The quantitative estimate of drug-likeness (QED) is 0.266. The first-order chi connectivity index (χ1) is 12.8. The van der Waals surface area contributed by atoms with Crippen molar-refractivity contribution in [1.29, 1.82) is 0 Å². The standard InChI is InChI=1S/C25H15Br/c26-16-13-14-24-20(15-16)19-9-3-6-12-23(19)25(24)21-10-4-1-7-17(21)18-8-2-5-11-22(18)25/h1-15H. The summed E-state index contributed by atoms with van der Waals surface area (Å²) in [6.45, 7) is 0. The minimum Gasteiger partial charge on any atom is -0.0619 e. The van der Waals surface area contributed by atoms with Crippen LogP contribution < -0.4 is 0 Å². The van der Waals surface area contributed by atoms with E-state index in [2.05, 4.69) is 107 Å². The highest BCUT2D eigenvalue weighted by molar-refractivity contribution is 9.10. The molecule has 4 aromatic carbocycles. The summed E-state index contributed by atoms with van der Waals surface area (Å²) >= 11 is 3.68. The van der Waals surface area contributed by atoms with Crippen LogP contribution in [0.4, 0.5) is 0 Å². The average molecular weight is 395 g/mol. The van der Waals surface area contributed by atoms with Gasteiger partial charge in [-0.2, -0.15) is 0 Å². The first kappa shape index (κ1) is 14.5. The van der Waals surface area contributed by atoms with Crippen LogP contribution in [0.25, 0.3) is 22.3 Å². The number of rotatable bonds is 0. The van der Waals surface area contributed by atoms with Gasteiger partial charge in [-0.25, -0.2) is 0 Å². The highest BCUT2D eigenvalue weighted by atomic mass is 79.9. The summed E-state index contributed by atoms with van der Waals surface area (Å²) in [5.74, 6) is 0. The number of hydrogen-bond acceptors (Lipinski definition) is 0. The summed E-state index contributed by atoms with van der Waals surface area (Å²) in [5, 5.41) is 0. The average Bonchev–Trinajstić information content (AvgIpc) is 3.15. The summed E-state index contributed by atoms with van der Waals surface area (Å²) in [6.07, 6.45) is 0. The van der Waals surface area contributed by atoms with Crippen LogP contribution in [0.3, 0.4) is 0 Å².